The highest BCUT2D eigenvalue weighted by molar-refractivity contribution is 7.91. The van der Waals surface area contributed by atoms with E-state index in [9.17, 15) is 13.2 Å². The van der Waals surface area contributed by atoms with E-state index >= 15 is 0 Å². The summed E-state index contributed by atoms with van der Waals surface area (Å²) < 4.78 is 29.4. The molecule has 1 atom stereocenters. The summed E-state index contributed by atoms with van der Waals surface area (Å²) in [6, 6.07) is 6.73. The largest absolute Gasteiger partial charge is 0.463 e. The molecule has 0 aliphatic heterocycles. The fourth-order valence-corrected chi connectivity index (χ4v) is 3.30. The summed E-state index contributed by atoms with van der Waals surface area (Å²) in [6.07, 6.45) is 0.684. The standard InChI is InChI=1S/C15H21ClO4S/c1-12-5-7-14(8-6-12)21(18,19)11-9-13(2)20-15(17)4-3-10-16/h5-8,13H,3-4,9-11H2,1-2H3/t13-/m0/s1. The third-order valence-corrected chi connectivity index (χ3v) is 5.05. The van der Waals surface area contributed by atoms with Crippen LogP contribution in [0.25, 0.3) is 0 Å². The van der Waals surface area contributed by atoms with Crippen LogP contribution in [-0.2, 0) is 19.4 Å². The number of benzene rings is 1. The van der Waals surface area contributed by atoms with E-state index in [1.165, 1.54) is 0 Å². The van der Waals surface area contributed by atoms with Gasteiger partial charge in [0, 0.05) is 12.3 Å². The van der Waals surface area contributed by atoms with Crippen molar-refractivity contribution in [2.45, 2.75) is 44.1 Å². The number of alkyl halides is 1. The summed E-state index contributed by atoms with van der Waals surface area (Å²) in [5, 5.41) is 0. The molecule has 0 aliphatic rings. The molecule has 0 spiro atoms. The molecule has 0 amide bonds. The van der Waals surface area contributed by atoms with Gasteiger partial charge in [0.15, 0.2) is 9.84 Å². The second kappa shape index (κ2) is 8.39. The fraction of sp³-hybridized carbons (Fsp3) is 0.533. The highest BCUT2D eigenvalue weighted by Gasteiger charge is 2.17. The normalized spacial score (nSPS) is 12.9. The Bertz CT molecular complexity index is 552. The topological polar surface area (TPSA) is 60.4 Å². The van der Waals surface area contributed by atoms with Crippen molar-refractivity contribution < 1.29 is 17.9 Å². The monoisotopic (exact) mass is 332 g/mol. The minimum absolute atomic E-state index is 0.0417. The zero-order valence-corrected chi connectivity index (χ0v) is 13.9. The van der Waals surface area contributed by atoms with E-state index in [1.54, 1.807) is 31.2 Å². The first-order valence-electron chi connectivity index (χ1n) is 6.90. The second-order valence-corrected chi connectivity index (χ2v) is 7.50. The van der Waals surface area contributed by atoms with E-state index in [2.05, 4.69) is 0 Å². The van der Waals surface area contributed by atoms with Gasteiger partial charge in [0.05, 0.1) is 16.8 Å². The first-order valence-corrected chi connectivity index (χ1v) is 9.08. The van der Waals surface area contributed by atoms with Crippen molar-refractivity contribution >= 4 is 27.4 Å². The van der Waals surface area contributed by atoms with Gasteiger partial charge in [-0.2, -0.15) is 0 Å². The third-order valence-electron chi connectivity index (χ3n) is 3.02. The van der Waals surface area contributed by atoms with Crippen LogP contribution in [0.2, 0.25) is 0 Å². The lowest BCUT2D eigenvalue weighted by atomic mass is 10.2. The molecule has 0 bridgehead atoms. The van der Waals surface area contributed by atoms with Gasteiger partial charge in [-0.3, -0.25) is 4.79 Å². The smallest absolute Gasteiger partial charge is 0.306 e. The highest BCUT2D eigenvalue weighted by Crippen LogP contribution is 2.14. The van der Waals surface area contributed by atoms with Gasteiger partial charge >= 0.3 is 5.97 Å². The van der Waals surface area contributed by atoms with Crippen molar-refractivity contribution in [3.8, 4) is 0 Å². The van der Waals surface area contributed by atoms with Gasteiger partial charge in [-0.1, -0.05) is 17.7 Å². The molecule has 6 heteroatoms. The molecule has 1 aromatic carbocycles. The molecule has 0 unspecified atom stereocenters. The Morgan fingerprint density at radius 1 is 1.29 bits per heavy atom. The molecular weight excluding hydrogens is 312 g/mol. The Kier molecular flexibility index (Phi) is 7.18. The summed E-state index contributed by atoms with van der Waals surface area (Å²) in [4.78, 5) is 11.7. The maximum Gasteiger partial charge on any atom is 0.306 e. The molecule has 0 aromatic heterocycles. The van der Waals surface area contributed by atoms with Gasteiger partial charge in [-0.05, 0) is 38.8 Å². The predicted molar refractivity (Wildman–Crippen MR) is 83.4 cm³/mol. The molecule has 0 saturated carbocycles. The quantitative estimate of drug-likeness (QED) is 0.542. The minimum Gasteiger partial charge on any atom is -0.463 e. The Morgan fingerprint density at radius 3 is 2.48 bits per heavy atom. The van der Waals surface area contributed by atoms with Crippen LogP contribution in [0.4, 0.5) is 0 Å². The molecule has 1 aromatic rings. The summed E-state index contributed by atoms with van der Waals surface area (Å²) >= 11 is 5.49. The summed E-state index contributed by atoms with van der Waals surface area (Å²) in [6.45, 7) is 3.60. The third kappa shape index (κ3) is 6.48. The van der Waals surface area contributed by atoms with Gasteiger partial charge in [-0.15, -0.1) is 11.6 Å². The minimum atomic E-state index is -3.34. The van der Waals surface area contributed by atoms with E-state index in [4.69, 9.17) is 16.3 Å². The number of hydrogen-bond donors (Lipinski definition) is 0. The molecule has 1 rings (SSSR count). The first kappa shape index (κ1) is 18.0. The number of carbonyl (C=O) groups excluding carboxylic acids is 1. The van der Waals surface area contributed by atoms with Gasteiger partial charge in [-0.25, -0.2) is 8.42 Å². The molecule has 0 radical (unpaired) electrons. The van der Waals surface area contributed by atoms with Crippen molar-refractivity contribution in [1.29, 1.82) is 0 Å². The van der Waals surface area contributed by atoms with Crippen molar-refractivity contribution in [3.05, 3.63) is 29.8 Å². The van der Waals surface area contributed by atoms with E-state index in [-0.39, 0.29) is 24.6 Å². The Morgan fingerprint density at radius 2 is 1.90 bits per heavy atom. The summed E-state index contributed by atoms with van der Waals surface area (Å²) in [7, 11) is -3.34. The number of hydrogen-bond acceptors (Lipinski definition) is 4. The van der Waals surface area contributed by atoms with Gasteiger partial charge in [0.1, 0.15) is 0 Å². The van der Waals surface area contributed by atoms with Crippen LogP contribution in [0.5, 0.6) is 0 Å². The summed E-state index contributed by atoms with van der Waals surface area (Å²) in [5.74, 6) is 0.0292. The highest BCUT2D eigenvalue weighted by atomic mass is 35.5. The van der Waals surface area contributed by atoms with E-state index < -0.39 is 15.9 Å². The molecule has 118 valence electrons. The van der Waals surface area contributed by atoms with Crippen molar-refractivity contribution in [2.75, 3.05) is 11.6 Å². The zero-order valence-electron chi connectivity index (χ0n) is 12.3. The Balaban J connectivity index is 2.49. The molecule has 0 saturated heterocycles. The van der Waals surface area contributed by atoms with Crippen LogP contribution in [-0.4, -0.2) is 32.1 Å². The average Bonchev–Trinajstić information content (AvgIpc) is 2.43. The van der Waals surface area contributed by atoms with Crippen LogP contribution >= 0.6 is 11.6 Å². The van der Waals surface area contributed by atoms with Gasteiger partial charge in [0.25, 0.3) is 0 Å². The molecule has 4 nitrogen and oxygen atoms in total. The lowest BCUT2D eigenvalue weighted by molar-refractivity contribution is -0.148. The number of halogens is 1. The number of ether oxygens (including phenoxy) is 1. The Labute approximate surface area is 131 Å². The van der Waals surface area contributed by atoms with Gasteiger partial charge in [0.2, 0.25) is 0 Å². The van der Waals surface area contributed by atoms with E-state index in [0.717, 1.165) is 5.56 Å². The number of carbonyl (C=O) groups is 1. The number of sulfone groups is 1. The molecule has 0 N–H and O–H groups in total. The molecule has 0 heterocycles. The van der Waals surface area contributed by atoms with Crippen molar-refractivity contribution in [1.82, 2.24) is 0 Å². The predicted octanol–water partition coefficient (Wildman–Crippen LogP) is 3.11. The molecular formula is C15H21ClO4S. The average molecular weight is 333 g/mol. The van der Waals surface area contributed by atoms with Crippen LogP contribution in [0, 0.1) is 6.92 Å². The number of aryl methyl sites for hydroxylation is 1. The SMILES string of the molecule is Cc1ccc(S(=O)(=O)CC[C@H](C)OC(=O)CCCCl)cc1. The zero-order chi connectivity index (χ0) is 15.9. The maximum atomic E-state index is 12.1. The maximum absolute atomic E-state index is 12.1. The van der Waals surface area contributed by atoms with E-state index in [0.29, 0.717) is 17.2 Å². The Hall–Kier alpha value is -1.07. The van der Waals surface area contributed by atoms with Crippen LogP contribution < -0.4 is 0 Å². The fourth-order valence-electron chi connectivity index (χ4n) is 1.74. The van der Waals surface area contributed by atoms with Crippen LogP contribution in [0.3, 0.4) is 0 Å². The van der Waals surface area contributed by atoms with Crippen LogP contribution in [0.15, 0.2) is 29.2 Å². The van der Waals surface area contributed by atoms with Crippen molar-refractivity contribution in [2.24, 2.45) is 0 Å². The lowest BCUT2D eigenvalue weighted by Gasteiger charge is -2.13. The number of esters is 1. The number of rotatable bonds is 8. The van der Waals surface area contributed by atoms with E-state index in [1.807, 2.05) is 6.92 Å². The molecule has 21 heavy (non-hydrogen) atoms. The second-order valence-electron chi connectivity index (χ2n) is 5.01. The first-order chi connectivity index (χ1) is 9.85. The molecule has 0 fully saturated rings. The van der Waals surface area contributed by atoms with Gasteiger partial charge < -0.3 is 4.74 Å². The molecule has 0 aliphatic carbocycles. The summed E-state index contributed by atoms with van der Waals surface area (Å²) in [5.41, 5.74) is 1.01. The lowest BCUT2D eigenvalue weighted by Crippen LogP contribution is -2.19. The van der Waals surface area contributed by atoms with Crippen LogP contribution in [0.1, 0.15) is 31.7 Å². The van der Waals surface area contributed by atoms with Crippen molar-refractivity contribution in [3.63, 3.8) is 0 Å².